The Balaban J connectivity index is 0.000000205. The van der Waals surface area contributed by atoms with E-state index in [2.05, 4.69) is 108 Å². The van der Waals surface area contributed by atoms with E-state index in [1.807, 2.05) is 18.2 Å². The number of rotatable bonds is 6. The average Bonchev–Trinajstić information content (AvgIpc) is 3.76. The number of furan rings is 1. The summed E-state index contributed by atoms with van der Waals surface area (Å²) < 4.78 is 51.7. The second-order valence-corrected chi connectivity index (χ2v) is 11.3. The molecule has 3 heterocycles. The molecule has 8 rings (SSSR count). The largest absolute Gasteiger partial charge is 0.557 e. The third-order valence-electron chi connectivity index (χ3n) is 7.98. The van der Waals surface area contributed by atoms with Gasteiger partial charge in [-0.15, -0.1) is 35.4 Å². The maximum atomic E-state index is 7.28. The molecule has 0 aliphatic heterocycles. The number of aromatic nitrogens is 3. The molecular formula is C43H35IrN3O-2. The van der Waals surface area contributed by atoms with Crippen molar-refractivity contribution in [3.63, 3.8) is 0 Å². The summed E-state index contributed by atoms with van der Waals surface area (Å²) in [5.74, 6) is 0.844. The Bertz CT molecular complexity index is 2410. The number of benzene rings is 5. The monoisotopic (exact) mass is 808 g/mol. The van der Waals surface area contributed by atoms with Gasteiger partial charge in [0.2, 0.25) is 0 Å². The molecule has 0 unspecified atom stereocenters. The predicted molar refractivity (Wildman–Crippen MR) is 193 cm³/mol. The average molecular weight is 808 g/mol. The number of imidazole rings is 1. The zero-order valence-corrected chi connectivity index (χ0v) is 28.6. The van der Waals surface area contributed by atoms with Crippen molar-refractivity contribution in [1.82, 2.24) is 14.5 Å². The summed E-state index contributed by atoms with van der Waals surface area (Å²) in [6.07, 6.45) is 6.59. The molecule has 0 N–H and O–H groups in total. The van der Waals surface area contributed by atoms with E-state index in [4.69, 9.17) is 17.6 Å². The summed E-state index contributed by atoms with van der Waals surface area (Å²) in [5, 5.41) is 1.05. The van der Waals surface area contributed by atoms with Gasteiger partial charge in [-0.05, 0) is 59.9 Å². The first kappa shape index (κ1) is 25.9. The summed E-state index contributed by atoms with van der Waals surface area (Å²) in [6, 6.07) is 44.2. The van der Waals surface area contributed by atoms with E-state index < -0.39 is 13.7 Å². The van der Waals surface area contributed by atoms with Crippen LogP contribution in [0.25, 0.3) is 61.5 Å². The van der Waals surface area contributed by atoms with Crippen LogP contribution in [0.15, 0.2) is 138 Å². The van der Waals surface area contributed by atoms with Gasteiger partial charge in [-0.2, -0.15) is 0 Å². The van der Waals surface area contributed by atoms with Gasteiger partial charge in [-0.25, -0.2) is 0 Å². The number of para-hydroxylation sites is 2. The van der Waals surface area contributed by atoms with Crippen molar-refractivity contribution in [2.45, 2.75) is 33.5 Å². The van der Waals surface area contributed by atoms with E-state index in [9.17, 15) is 0 Å². The zero-order valence-electron chi connectivity index (χ0n) is 32.2. The molecule has 4 nitrogen and oxygen atoms in total. The Labute approximate surface area is 303 Å². The molecule has 0 fully saturated rings. The van der Waals surface area contributed by atoms with Crippen molar-refractivity contribution >= 4 is 22.0 Å². The van der Waals surface area contributed by atoms with Gasteiger partial charge >= 0.3 is 0 Å². The number of aryl methyl sites for hydroxylation is 3. The van der Waals surface area contributed by atoms with Crippen LogP contribution in [-0.2, 0) is 26.5 Å². The quantitative estimate of drug-likeness (QED) is 0.157. The van der Waals surface area contributed by atoms with Gasteiger partial charge in [-0.1, -0.05) is 122 Å². The molecule has 0 aliphatic rings. The molecule has 0 bridgehead atoms. The van der Waals surface area contributed by atoms with Crippen molar-refractivity contribution in [2.24, 2.45) is 0 Å². The SMILES string of the molecule is CCCc1ccc2o[c-]c(-c3nc4ccccc4n3-c3ccc(-c4ccccc4)cc3)c2c1.[2H]C([2H])([2H])c1c[c-]c(-c2ccc(C([2H])([2H])[2H])cn2)cc1.[Ir]. The van der Waals surface area contributed by atoms with Gasteiger partial charge in [-0.3, -0.25) is 4.98 Å². The van der Waals surface area contributed by atoms with E-state index in [1.54, 1.807) is 12.1 Å². The normalized spacial score (nSPS) is 13.2. The molecule has 0 amide bonds. The van der Waals surface area contributed by atoms with Crippen LogP contribution in [-0.4, -0.2) is 14.5 Å². The molecule has 0 spiro atoms. The fourth-order valence-electron chi connectivity index (χ4n) is 5.66. The Morgan fingerprint density at radius 2 is 1.56 bits per heavy atom. The third-order valence-corrected chi connectivity index (χ3v) is 7.98. The maximum Gasteiger partial charge on any atom is 0.0774 e. The summed E-state index contributed by atoms with van der Waals surface area (Å²) in [7, 11) is 0. The fraction of sp³-hybridized carbons (Fsp3) is 0.116. The van der Waals surface area contributed by atoms with Gasteiger partial charge in [0.25, 0.3) is 0 Å². The number of hydrogen-bond donors (Lipinski definition) is 0. The van der Waals surface area contributed by atoms with Crippen molar-refractivity contribution < 1.29 is 32.7 Å². The van der Waals surface area contributed by atoms with E-state index in [1.165, 1.54) is 41.1 Å². The first-order valence-electron chi connectivity index (χ1n) is 18.6. The van der Waals surface area contributed by atoms with Crippen LogP contribution >= 0.6 is 0 Å². The molecule has 0 aliphatic carbocycles. The van der Waals surface area contributed by atoms with Crippen LogP contribution in [0.1, 0.15) is 38.3 Å². The van der Waals surface area contributed by atoms with Crippen molar-refractivity contribution in [3.8, 4) is 39.5 Å². The molecule has 1 radical (unpaired) electrons. The van der Waals surface area contributed by atoms with Crippen LogP contribution in [0.4, 0.5) is 0 Å². The van der Waals surface area contributed by atoms with E-state index in [0.29, 0.717) is 11.3 Å². The number of pyridine rings is 1. The molecule has 0 saturated carbocycles. The van der Waals surface area contributed by atoms with Gasteiger partial charge in [0.15, 0.2) is 0 Å². The van der Waals surface area contributed by atoms with Crippen LogP contribution < -0.4 is 0 Å². The molecule has 0 saturated heterocycles. The van der Waals surface area contributed by atoms with Crippen LogP contribution in [0, 0.1) is 26.0 Å². The first-order valence-corrected chi connectivity index (χ1v) is 15.6. The van der Waals surface area contributed by atoms with Gasteiger partial charge in [0, 0.05) is 52.1 Å². The smallest absolute Gasteiger partial charge is 0.0774 e. The minimum Gasteiger partial charge on any atom is -0.557 e. The maximum absolute atomic E-state index is 7.28. The number of fused-ring (bicyclic) bond motifs is 2. The summed E-state index contributed by atoms with van der Waals surface area (Å²) >= 11 is 0. The Hall–Kier alpha value is -5.09. The standard InChI is InChI=1S/C30H23N2O.C13H12N.Ir/c1-2-8-21-13-18-29-25(19-21)26(20-33-29)30-31-27-11-6-7-12-28(27)32(30)24-16-14-23(15-17-24)22-9-4-3-5-10-22;1-10-3-6-12(7-4-10)13-8-5-11(2)9-14-13;/h3-7,9-19H,2,8H2,1H3;3-6,8-9H,1-2H3;/q2*-1;/i;1D3,2D3;. The second-order valence-electron chi connectivity index (χ2n) is 11.3. The van der Waals surface area contributed by atoms with Crippen LogP contribution in [0.5, 0.6) is 0 Å². The first-order chi connectivity index (χ1) is 25.5. The minimum absolute atomic E-state index is 0. The zero-order chi connectivity index (χ0) is 37.2. The minimum atomic E-state index is -2.18. The van der Waals surface area contributed by atoms with E-state index in [0.717, 1.165) is 51.9 Å². The van der Waals surface area contributed by atoms with Crippen molar-refractivity contribution in [3.05, 3.63) is 163 Å². The van der Waals surface area contributed by atoms with Crippen LogP contribution in [0.2, 0.25) is 0 Å². The van der Waals surface area contributed by atoms with Gasteiger partial charge in [0.05, 0.1) is 16.9 Å². The van der Waals surface area contributed by atoms with Crippen LogP contribution in [0.3, 0.4) is 0 Å². The van der Waals surface area contributed by atoms with Gasteiger partial charge in [0.1, 0.15) is 0 Å². The predicted octanol–water partition coefficient (Wildman–Crippen LogP) is 11.0. The Morgan fingerprint density at radius 1 is 0.792 bits per heavy atom. The number of nitrogens with zero attached hydrogens (tertiary/aromatic N) is 3. The Morgan fingerprint density at radius 3 is 2.29 bits per heavy atom. The molecule has 0 atom stereocenters. The topological polar surface area (TPSA) is 43.9 Å². The summed E-state index contributed by atoms with van der Waals surface area (Å²) in [5.41, 5.74) is 10.0. The van der Waals surface area contributed by atoms with Gasteiger partial charge < -0.3 is 14.0 Å². The molecule has 5 aromatic carbocycles. The molecule has 48 heavy (non-hydrogen) atoms. The van der Waals surface area contributed by atoms with E-state index in [-0.39, 0.29) is 31.2 Å². The van der Waals surface area contributed by atoms with Crippen molar-refractivity contribution in [2.75, 3.05) is 0 Å². The molecule has 239 valence electrons. The Kier molecular flexibility index (Phi) is 7.98. The van der Waals surface area contributed by atoms with Crippen molar-refractivity contribution in [1.29, 1.82) is 0 Å². The molecule has 8 aromatic rings. The summed E-state index contributed by atoms with van der Waals surface area (Å²) in [4.78, 5) is 9.08. The third kappa shape index (κ3) is 6.94. The summed E-state index contributed by atoms with van der Waals surface area (Å²) in [6.45, 7) is -2.14. The molecular weight excluding hydrogens is 767 g/mol. The fourth-order valence-corrected chi connectivity index (χ4v) is 5.66. The van der Waals surface area contributed by atoms with E-state index >= 15 is 0 Å². The second kappa shape index (κ2) is 14.8. The molecule has 3 aromatic heterocycles. The number of hydrogen-bond acceptors (Lipinski definition) is 3. The molecule has 5 heteroatoms.